The maximum absolute atomic E-state index is 4.33. The Morgan fingerprint density at radius 1 is 1.04 bits per heavy atom. The predicted molar refractivity (Wildman–Crippen MR) is 106 cm³/mol. The highest BCUT2D eigenvalue weighted by Gasteiger charge is 2.03. The summed E-state index contributed by atoms with van der Waals surface area (Å²) in [7, 11) is 1.80. The summed E-state index contributed by atoms with van der Waals surface area (Å²) in [5.41, 5.74) is 2.37. The summed E-state index contributed by atoms with van der Waals surface area (Å²) >= 11 is 0. The van der Waals surface area contributed by atoms with E-state index in [0.29, 0.717) is 0 Å². The van der Waals surface area contributed by atoms with Crippen LogP contribution in [-0.4, -0.2) is 44.2 Å². The maximum atomic E-state index is 4.33. The molecule has 1 heterocycles. The van der Waals surface area contributed by atoms with Gasteiger partial charge < -0.3 is 15.5 Å². The van der Waals surface area contributed by atoms with E-state index in [4.69, 9.17) is 0 Å². The summed E-state index contributed by atoms with van der Waals surface area (Å²) in [5.74, 6) is 0.846. The molecule has 25 heavy (non-hydrogen) atoms. The molecule has 0 bridgehead atoms. The first kappa shape index (κ1) is 18.8. The summed E-state index contributed by atoms with van der Waals surface area (Å²) in [6.45, 7) is 5.95. The van der Waals surface area contributed by atoms with Crippen molar-refractivity contribution in [3.8, 4) is 0 Å². The zero-order valence-electron chi connectivity index (χ0n) is 15.3. The summed E-state index contributed by atoms with van der Waals surface area (Å²) in [6, 6.07) is 16.5. The van der Waals surface area contributed by atoms with Crippen LogP contribution >= 0.6 is 0 Å². The average molecular weight is 339 g/mol. The molecule has 0 saturated heterocycles. The van der Waals surface area contributed by atoms with Crippen molar-refractivity contribution in [2.45, 2.75) is 19.8 Å². The quantitative estimate of drug-likeness (QED) is 0.419. The monoisotopic (exact) mass is 339 g/mol. The molecule has 0 aliphatic heterocycles. The highest BCUT2D eigenvalue weighted by molar-refractivity contribution is 5.79. The number of hydrogen-bond acceptors (Lipinski definition) is 3. The zero-order valence-corrected chi connectivity index (χ0v) is 15.3. The number of benzene rings is 1. The van der Waals surface area contributed by atoms with Crippen molar-refractivity contribution in [3.63, 3.8) is 0 Å². The molecular weight excluding hydrogens is 310 g/mol. The summed E-state index contributed by atoms with van der Waals surface area (Å²) in [6.07, 6.45) is 3.78. The van der Waals surface area contributed by atoms with E-state index in [-0.39, 0.29) is 0 Å². The molecule has 2 aromatic rings. The van der Waals surface area contributed by atoms with Crippen LogP contribution < -0.4 is 15.5 Å². The molecule has 1 aromatic carbocycles. The summed E-state index contributed by atoms with van der Waals surface area (Å²) in [5, 5.41) is 6.72. The molecule has 0 atom stereocenters. The van der Waals surface area contributed by atoms with Gasteiger partial charge in [-0.1, -0.05) is 24.3 Å². The minimum Gasteiger partial charge on any atom is -0.372 e. The van der Waals surface area contributed by atoms with Gasteiger partial charge in [-0.25, -0.2) is 0 Å². The van der Waals surface area contributed by atoms with Gasteiger partial charge in [0.25, 0.3) is 0 Å². The fourth-order valence-electron chi connectivity index (χ4n) is 2.66. The normalized spacial score (nSPS) is 11.2. The molecule has 5 nitrogen and oxygen atoms in total. The van der Waals surface area contributed by atoms with Crippen molar-refractivity contribution in [3.05, 3.63) is 60.4 Å². The lowest BCUT2D eigenvalue weighted by atomic mass is 10.2. The number of guanidine groups is 1. The second-order valence-corrected chi connectivity index (χ2v) is 5.77. The first-order chi connectivity index (χ1) is 12.3. The van der Waals surface area contributed by atoms with Gasteiger partial charge in [-0.15, -0.1) is 0 Å². The van der Waals surface area contributed by atoms with Gasteiger partial charge >= 0.3 is 0 Å². The van der Waals surface area contributed by atoms with E-state index in [1.807, 2.05) is 24.4 Å². The molecule has 134 valence electrons. The number of rotatable bonds is 9. The molecule has 0 fully saturated rings. The fourth-order valence-corrected chi connectivity index (χ4v) is 2.66. The van der Waals surface area contributed by atoms with Gasteiger partial charge in [-0.05, 0) is 37.6 Å². The number of para-hydroxylation sites is 1. The van der Waals surface area contributed by atoms with E-state index >= 15 is 0 Å². The third-order valence-electron chi connectivity index (χ3n) is 4.02. The molecular formula is C20H29N5. The first-order valence-electron chi connectivity index (χ1n) is 8.98. The maximum Gasteiger partial charge on any atom is 0.190 e. The van der Waals surface area contributed by atoms with Crippen molar-refractivity contribution in [2.75, 3.05) is 38.1 Å². The largest absolute Gasteiger partial charge is 0.372 e. The Hall–Kier alpha value is -2.56. The molecule has 1 aromatic heterocycles. The third kappa shape index (κ3) is 6.83. The van der Waals surface area contributed by atoms with Crippen molar-refractivity contribution < 1.29 is 0 Å². The van der Waals surface area contributed by atoms with Crippen molar-refractivity contribution in [1.82, 2.24) is 15.6 Å². The fraction of sp³-hybridized carbons (Fsp3) is 0.400. The van der Waals surface area contributed by atoms with E-state index in [0.717, 1.165) is 50.7 Å². The predicted octanol–water partition coefficient (Wildman–Crippen LogP) is 2.71. The van der Waals surface area contributed by atoms with Crippen LogP contribution in [0.5, 0.6) is 0 Å². The number of aliphatic imine (C=N–C) groups is 1. The van der Waals surface area contributed by atoms with Gasteiger partial charge in [0, 0.05) is 57.2 Å². The highest BCUT2D eigenvalue weighted by atomic mass is 15.2. The Kier molecular flexibility index (Phi) is 8.32. The zero-order chi connectivity index (χ0) is 17.7. The van der Waals surface area contributed by atoms with Gasteiger partial charge in [0.2, 0.25) is 0 Å². The molecule has 0 amide bonds. The van der Waals surface area contributed by atoms with Crippen LogP contribution in [0.2, 0.25) is 0 Å². The first-order valence-corrected chi connectivity index (χ1v) is 8.98. The van der Waals surface area contributed by atoms with E-state index in [9.17, 15) is 0 Å². The Balaban J connectivity index is 1.65. The van der Waals surface area contributed by atoms with Crippen molar-refractivity contribution >= 4 is 11.6 Å². The van der Waals surface area contributed by atoms with Crippen LogP contribution in [-0.2, 0) is 6.42 Å². The van der Waals surface area contributed by atoms with Gasteiger partial charge in [0.1, 0.15) is 0 Å². The molecule has 0 spiro atoms. The lowest BCUT2D eigenvalue weighted by Gasteiger charge is -2.23. The second kappa shape index (κ2) is 11.1. The van der Waals surface area contributed by atoms with E-state index in [1.165, 1.54) is 5.69 Å². The van der Waals surface area contributed by atoms with Crippen LogP contribution in [0.4, 0.5) is 5.69 Å². The summed E-state index contributed by atoms with van der Waals surface area (Å²) in [4.78, 5) is 11.0. The van der Waals surface area contributed by atoms with Crippen molar-refractivity contribution in [2.24, 2.45) is 4.99 Å². The summed E-state index contributed by atoms with van der Waals surface area (Å²) < 4.78 is 0. The van der Waals surface area contributed by atoms with Gasteiger partial charge in [0.05, 0.1) is 0 Å². The number of nitrogens with zero attached hydrogens (tertiary/aromatic N) is 3. The van der Waals surface area contributed by atoms with E-state index in [2.05, 4.69) is 62.8 Å². The molecule has 0 unspecified atom stereocenters. The molecule has 0 radical (unpaired) electrons. The smallest absolute Gasteiger partial charge is 0.190 e. The van der Waals surface area contributed by atoms with Crippen LogP contribution in [0.15, 0.2) is 59.7 Å². The van der Waals surface area contributed by atoms with Crippen molar-refractivity contribution in [1.29, 1.82) is 0 Å². The SMILES string of the molecule is CCN(CCCNC(=NC)NCCc1ccccn1)c1ccccc1. The minimum atomic E-state index is 0.821. The molecule has 5 heteroatoms. The van der Waals surface area contributed by atoms with Crippen LogP contribution in [0.1, 0.15) is 19.0 Å². The average Bonchev–Trinajstić information content (AvgIpc) is 2.68. The Morgan fingerprint density at radius 3 is 2.48 bits per heavy atom. The number of aromatic nitrogens is 1. The Morgan fingerprint density at radius 2 is 1.80 bits per heavy atom. The standard InChI is InChI=1S/C20H29N5/c1-3-25(19-11-5-4-6-12-19)17-9-15-23-20(21-2)24-16-13-18-10-7-8-14-22-18/h4-8,10-12,14H,3,9,13,15-17H2,1-2H3,(H2,21,23,24). The van der Waals surface area contributed by atoms with Crippen LogP contribution in [0.3, 0.4) is 0 Å². The van der Waals surface area contributed by atoms with Gasteiger partial charge in [-0.3, -0.25) is 9.98 Å². The lowest BCUT2D eigenvalue weighted by molar-refractivity contribution is 0.706. The molecule has 2 N–H and O–H groups in total. The lowest BCUT2D eigenvalue weighted by Crippen LogP contribution is -2.39. The molecule has 0 aliphatic carbocycles. The third-order valence-corrected chi connectivity index (χ3v) is 4.02. The second-order valence-electron chi connectivity index (χ2n) is 5.77. The van der Waals surface area contributed by atoms with E-state index in [1.54, 1.807) is 7.05 Å². The Labute approximate surface area is 151 Å². The highest BCUT2D eigenvalue weighted by Crippen LogP contribution is 2.12. The van der Waals surface area contributed by atoms with E-state index < -0.39 is 0 Å². The molecule has 2 rings (SSSR count). The van der Waals surface area contributed by atoms with Crippen LogP contribution in [0, 0.1) is 0 Å². The molecule has 0 saturated carbocycles. The number of anilines is 1. The minimum absolute atomic E-state index is 0.821. The number of hydrogen-bond donors (Lipinski definition) is 2. The van der Waals surface area contributed by atoms with Gasteiger partial charge in [-0.2, -0.15) is 0 Å². The Bertz CT molecular complexity index is 612. The topological polar surface area (TPSA) is 52.5 Å². The number of pyridine rings is 1. The van der Waals surface area contributed by atoms with Gasteiger partial charge in [0.15, 0.2) is 5.96 Å². The number of nitrogens with one attached hydrogen (secondary N) is 2. The van der Waals surface area contributed by atoms with Crippen LogP contribution in [0.25, 0.3) is 0 Å². The molecule has 0 aliphatic rings.